The van der Waals surface area contributed by atoms with E-state index >= 15 is 0 Å². The summed E-state index contributed by atoms with van der Waals surface area (Å²) in [7, 11) is 1.60. The minimum atomic E-state index is -1.02. The number of aliphatic carboxylic acids is 1. The largest absolute Gasteiger partial charge is 0.497 e. The molecule has 0 bridgehead atoms. The summed E-state index contributed by atoms with van der Waals surface area (Å²) in [5.74, 6) is 0.364. The Morgan fingerprint density at radius 3 is 2.55 bits per heavy atom. The van der Waals surface area contributed by atoms with Crippen molar-refractivity contribution >= 4 is 35.4 Å². The number of carbonyl (C=O) groups is 1. The van der Waals surface area contributed by atoms with E-state index in [4.69, 9.17) is 16.3 Å². The predicted molar refractivity (Wildman–Crippen MR) is 115 cm³/mol. The number of rotatable bonds is 7. The summed E-state index contributed by atoms with van der Waals surface area (Å²) in [6.45, 7) is 4.47. The molecule has 0 aliphatic carbocycles. The molecule has 3 aromatic rings. The van der Waals surface area contributed by atoms with Gasteiger partial charge in [0.05, 0.1) is 7.11 Å². The highest BCUT2D eigenvalue weighted by atomic mass is 35.5. The number of carboxylic acid groups (broad SMARTS) is 1. The average Bonchev–Trinajstić information content (AvgIpc) is 3.11. The molecule has 8 heteroatoms. The first-order valence-electron chi connectivity index (χ1n) is 8.89. The summed E-state index contributed by atoms with van der Waals surface area (Å²) in [6, 6.07) is 12.8. The molecule has 0 saturated heterocycles. The van der Waals surface area contributed by atoms with Crippen LogP contribution in [0.25, 0.3) is 17.5 Å². The van der Waals surface area contributed by atoms with E-state index in [1.807, 2.05) is 42.7 Å². The zero-order valence-electron chi connectivity index (χ0n) is 16.2. The van der Waals surface area contributed by atoms with Crippen molar-refractivity contribution in [3.05, 3.63) is 63.5 Å². The lowest BCUT2D eigenvalue weighted by molar-refractivity contribution is -0.131. The van der Waals surface area contributed by atoms with Gasteiger partial charge in [-0.2, -0.15) is 0 Å². The average molecular weight is 430 g/mol. The smallest absolute Gasteiger partial charge is 0.342 e. The van der Waals surface area contributed by atoms with Gasteiger partial charge in [-0.05, 0) is 79.2 Å². The first-order chi connectivity index (χ1) is 13.9. The zero-order valence-corrected chi connectivity index (χ0v) is 17.8. The van der Waals surface area contributed by atoms with Crippen LogP contribution in [0.15, 0.2) is 52.5 Å². The fraction of sp³-hybridized carbons (Fsp3) is 0.190. The number of aryl methyl sites for hydroxylation is 1. The molecule has 0 atom stereocenters. The number of thioether (sulfide) groups is 1. The minimum absolute atomic E-state index is 0.156. The topological polar surface area (TPSA) is 77.2 Å². The van der Waals surface area contributed by atoms with E-state index in [1.54, 1.807) is 31.4 Å². The lowest BCUT2D eigenvalue weighted by Gasteiger charge is -2.09. The summed E-state index contributed by atoms with van der Waals surface area (Å²) in [5.41, 5.74) is 2.58. The molecule has 0 unspecified atom stereocenters. The normalized spacial score (nSPS) is 11.5. The first kappa shape index (κ1) is 21.0. The van der Waals surface area contributed by atoms with E-state index in [0.717, 1.165) is 34.2 Å². The van der Waals surface area contributed by atoms with Crippen molar-refractivity contribution in [3.63, 3.8) is 0 Å². The van der Waals surface area contributed by atoms with Gasteiger partial charge < -0.3 is 14.4 Å². The molecule has 0 spiro atoms. The van der Waals surface area contributed by atoms with Crippen LogP contribution in [-0.4, -0.2) is 33.0 Å². The van der Waals surface area contributed by atoms with Gasteiger partial charge in [-0.1, -0.05) is 17.7 Å². The van der Waals surface area contributed by atoms with Gasteiger partial charge in [0, 0.05) is 17.1 Å². The Bertz CT molecular complexity index is 1060. The Labute approximate surface area is 178 Å². The van der Waals surface area contributed by atoms with Crippen LogP contribution in [0.4, 0.5) is 0 Å². The SMILES string of the molecule is CCn1c(S/C(=C\c2ccc(OC)cc2C)C(=O)O)nnc1-c1ccc(Cl)cc1. The summed E-state index contributed by atoms with van der Waals surface area (Å²) < 4.78 is 7.09. The first-order valence-corrected chi connectivity index (χ1v) is 10.1. The molecule has 0 aliphatic heterocycles. The predicted octanol–water partition coefficient (Wildman–Crippen LogP) is 5.15. The quantitative estimate of drug-likeness (QED) is 0.413. The number of hydrogen-bond donors (Lipinski definition) is 1. The second kappa shape index (κ2) is 9.15. The number of ether oxygens (including phenoxy) is 1. The molecule has 0 aliphatic rings. The molecule has 0 fully saturated rings. The number of benzene rings is 2. The van der Waals surface area contributed by atoms with Gasteiger partial charge in [0.2, 0.25) is 0 Å². The van der Waals surface area contributed by atoms with Gasteiger partial charge in [0.15, 0.2) is 11.0 Å². The molecule has 6 nitrogen and oxygen atoms in total. The van der Waals surface area contributed by atoms with E-state index < -0.39 is 5.97 Å². The second-order valence-electron chi connectivity index (χ2n) is 6.20. The third-order valence-electron chi connectivity index (χ3n) is 4.31. The number of methoxy groups -OCH3 is 1. The molecule has 3 rings (SSSR count). The number of aromatic nitrogens is 3. The molecule has 0 radical (unpaired) electrons. The summed E-state index contributed by atoms with van der Waals surface area (Å²) in [5, 5.41) is 19.3. The van der Waals surface area contributed by atoms with Gasteiger partial charge in [-0.15, -0.1) is 10.2 Å². The van der Waals surface area contributed by atoms with E-state index in [2.05, 4.69) is 10.2 Å². The zero-order chi connectivity index (χ0) is 21.0. The lowest BCUT2D eigenvalue weighted by Crippen LogP contribution is -2.03. The summed E-state index contributed by atoms with van der Waals surface area (Å²) in [6.07, 6.45) is 1.64. The van der Waals surface area contributed by atoms with Crippen LogP contribution in [0.1, 0.15) is 18.1 Å². The van der Waals surface area contributed by atoms with E-state index in [1.165, 1.54) is 0 Å². The van der Waals surface area contributed by atoms with Crippen LogP contribution in [0.5, 0.6) is 5.75 Å². The third kappa shape index (κ3) is 4.81. The van der Waals surface area contributed by atoms with Crippen LogP contribution in [0.3, 0.4) is 0 Å². The number of carboxylic acids is 1. The Kier molecular flexibility index (Phi) is 6.61. The Morgan fingerprint density at radius 2 is 1.97 bits per heavy atom. The standard InChI is InChI=1S/C21H20ClN3O3S/c1-4-25-19(14-5-8-16(22)9-6-14)23-24-21(25)29-18(20(26)27)12-15-7-10-17(28-3)11-13(15)2/h5-12H,4H2,1-3H3,(H,26,27)/b18-12-. The maximum Gasteiger partial charge on any atom is 0.342 e. The van der Waals surface area contributed by atoms with Crippen molar-refractivity contribution in [1.82, 2.24) is 14.8 Å². The van der Waals surface area contributed by atoms with Crippen LogP contribution in [0.2, 0.25) is 5.02 Å². The van der Waals surface area contributed by atoms with E-state index in [9.17, 15) is 9.90 Å². The van der Waals surface area contributed by atoms with Crippen LogP contribution < -0.4 is 4.74 Å². The number of halogens is 1. The summed E-state index contributed by atoms with van der Waals surface area (Å²) in [4.78, 5) is 12.0. The molecule has 0 amide bonds. The lowest BCUT2D eigenvalue weighted by atomic mass is 10.1. The summed E-state index contributed by atoms with van der Waals surface area (Å²) >= 11 is 7.04. The van der Waals surface area contributed by atoms with Gasteiger partial charge in [0.25, 0.3) is 0 Å². The van der Waals surface area contributed by atoms with Crippen LogP contribution >= 0.6 is 23.4 Å². The van der Waals surface area contributed by atoms with Crippen molar-refractivity contribution in [2.24, 2.45) is 0 Å². The van der Waals surface area contributed by atoms with Crippen molar-refractivity contribution in [2.75, 3.05) is 7.11 Å². The Morgan fingerprint density at radius 1 is 1.24 bits per heavy atom. The van der Waals surface area contributed by atoms with Gasteiger partial charge >= 0.3 is 5.97 Å². The van der Waals surface area contributed by atoms with Gasteiger partial charge in [-0.3, -0.25) is 0 Å². The van der Waals surface area contributed by atoms with Crippen LogP contribution in [0, 0.1) is 6.92 Å². The molecule has 1 N–H and O–H groups in total. The fourth-order valence-corrected chi connectivity index (χ4v) is 3.78. The molecule has 0 saturated carbocycles. The van der Waals surface area contributed by atoms with E-state index in [-0.39, 0.29) is 4.91 Å². The Hall–Kier alpha value is -2.77. The maximum atomic E-state index is 11.9. The molecular weight excluding hydrogens is 410 g/mol. The molecular formula is C21H20ClN3O3S. The van der Waals surface area contributed by atoms with E-state index in [0.29, 0.717) is 22.5 Å². The van der Waals surface area contributed by atoms with Crippen LogP contribution in [-0.2, 0) is 11.3 Å². The molecule has 29 heavy (non-hydrogen) atoms. The molecule has 150 valence electrons. The third-order valence-corrected chi connectivity index (χ3v) is 5.56. The Balaban J connectivity index is 1.96. The van der Waals surface area contributed by atoms with Crippen molar-refractivity contribution < 1.29 is 14.6 Å². The fourth-order valence-electron chi connectivity index (χ4n) is 2.77. The monoisotopic (exact) mass is 429 g/mol. The van der Waals surface area contributed by atoms with Crippen molar-refractivity contribution in [1.29, 1.82) is 0 Å². The highest BCUT2D eigenvalue weighted by Crippen LogP contribution is 2.31. The van der Waals surface area contributed by atoms with Crippen molar-refractivity contribution in [3.8, 4) is 17.1 Å². The minimum Gasteiger partial charge on any atom is -0.497 e. The van der Waals surface area contributed by atoms with Gasteiger partial charge in [-0.25, -0.2) is 4.79 Å². The van der Waals surface area contributed by atoms with Gasteiger partial charge in [0.1, 0.15) is 10.7 Å². The number of nitrogens with zero attached hydrogens (tertiary/aromatic N) is 3. The van der Waals surface area contributed by atoms with Crippen molar-refractivity contribution in [2.45, 2.75) is 25.5 Å². The maximum absolute atomic E-state index is 11.9. The molecule has 1 aromatic heterocycles. The highest BCUT2D eigenvalue weighted by molar-refractivity contribution is 8.04. The molecule has 1 heterocycles. The molecule has 2 aromatic carbocycles. The second-order valence-corrected chi connectivity index (χ2v) is 7.64. The highest BCUT2D eigenvalue weighted by Gasteiger charge is 2.18. The number of hydrogen-bond acceptors (Lipinski definition) is 5.